The smallest absolute Gasteiger partial charge is 0.0833 e. The van der Waals surface area contributed by atoms with Crippen LogP contribution in [0.15, 0.2) is 0 Å². The molecule has 0 bridgehead atoms. The van der Waals surface area contributed by atoms with Crippen LogP contribution in [0.3, 0.4) is 0 Å². The summed E-state index contributed by atoms with van der Waals surface area (Å²) in [6.07, 6.45) is 7.29. The summed E-state index contributed by atoms with van der Waals surface area (Å²) in [5.41, 5.74) is -0.552. The van der Waals surface area contributed by atoms with Gasteiger partial charge in [0.25, 0.3) is 0 Å². The molecule has 0 aromatic carbocycles. The van der Waals surface area contributed by atoms with E-state index in [1.165, 1.54) is 25.7 Å². The van der Waals surface area contributed by atoms with Crippen molar-refractivity contribution in [3.8, 4) is 0 Å². The van der Waals surface area contributed by atoms with E-state index in [4.69, 9.17) is 0 Å². The molecular weight excluding hydrogens is 206 g/mol. The Morgan fingerprint density at radius 2 is 2.20 bits per heavy atom. The molecule has 3 atom stereocenters. The molecule has 1 aliphatic rings. The first-order chi connectivity index (χ1) is 7.07. The van der Waals surface area contributed by atoms with Gasteiger partial charge in [-0.2, -0.15) is 11.8 Å². The van der Waals surface area contributed by atoms with Crippen molar-refractivity contribution in [3.05, 3.63) is 0 Å². The lowest BCUT2D eigenvalue weighted by molar-refractivity contribution is 0.0814. The zero-order valence-electron chi connectivity index (χ0n) is 10.3. The highest BCUT2D eigenvalue weighted by molar-refractivity contribution is 7.98. The molecule has 15 heavy (non-hydrogen) atoms. The summed E-state index contributed by atoms with van der Waals surface area (Å²) in [5.74, 6) is 1.72. The number of aliphatic hydroxyl groups is 1. The molecule has 0 radical (unpaired) electrons. The van der Waals surface area contributed by atoms with Crippen molar-refractivity contribution in [1.82, 2.24) is 5.32 Å². The molecule has 0 aromatic rings. The fraction of sp³-hybridized carbons (Fsp3) is 1.00. The van der Waals surface area contributed by atoms with Gasteiger partial charge in [-0.05, 0) is 38.4 Å². The van der Waals surface area contributed by atoms with Crippen LogP contribution in [0.4, 0.5) is 0 Å². The summed E-state index contributed by atoms with van der Waals surface area (Å²) in [6, 6.07) is 0.642. The predicted molar refractivity (Wildman–Crippen MR) is 68.4 cm³/mol. The molecule has 0 aromatic heterocycles. The standard InChI is InChI=1S/C12H25NOS/c1-4-10-5-6-11(7-10)13-8-12(2,14)9-15-3/h10-11,13-14H,4-9H2,1-3H3. The monoisotopic (exact) mass is 231 g/mol. The molecule has 2 nitrogen and oxygen atoms in total. The maximum absolute atomic E-state index is 10.0. The minimum absolute atomic E-state index is 0.552. The molecule has 90 valence electrons. The maximum atomic E-state index is 10.0. The van der Waals surface area contributed by atoms with Crippen LogP contribution < -0.4 is 5.32 Å². The van der Waals surface area contributed by atoms with E-state index in [-0.39, 0.29) is 0 Å². The van der Waals surface area contributed by atoms with Crippen LogP contribution in [0.2, 0.25) is 0 Å². The van der Waals surface area contributed by atoms with Gasteiger partial charge in [-0.25, -0.2) is 0 Å². The molecule has 0 saturated heterocycles. The Morgan fingerprint density at radius 1 is 1.47 bits per heavy atom. The van der Waals surface area contributed by atoms with Crippen molar-refractivity contribution in [1.29, 1.82) is 0 Å². The van der Waals surface area contributed by atoms with E-state index in [0.29, 0.717) is 6.04 Å². The summed E-state index contributed by atoms with van der Waals surface area (Å²) in [4.78, 5) is 0. The first-order valence-electron chi connectivity index (χ1n) is 6.02. The van der Waals surface area contributed by atoms with Crippen molar-refractivity contribution >= 4 is 11.8 Å². The summed E-state index contributed by atoms with van der Waals surface area (Å²) in [5, 5.41) is 13.5. The molecule has 0 heterocycles. The van der Waals surface area contributed by atoms with Gasteiger partial charge in [0.2, 0.25) is 0 Å². The van der Waals surface area contributed by atoms with E-state index in [9.17, 15) is 5.11 Å². The Labute approximate surface area is 98.2 Å². The van der Waals surface area contributed by atoms with Crippen molar-refractivity contribution in [3.63, 3.8) is 0 Å². The molecule has 1 fully saturated rings. The Morgan fingerprint density at radius 3 is 2.73 bits per heavy atom. The summed E-state index contributed by atoms with van der Waals surface area (Å²) >= 11 is 1.71. The number of hydrogen-bond acceptors (Lipinski definition) is 3. The molecule has 3 unspecified atom stereocenters. The Balaban J connectivity index is 2.20. The van der Waals surface area contributed by atoms with E-state index in [2.05, 4.69) is 12.2 Å². The van der Waals surface area contributed by atoms with Crippen LogP contribution >= 0.6 is 11.8 Å². The lowest BCUT2D eigenvalue weighted by atomic mass is 10.1. The molecule has 1 aliphatic carbocycles. The molecular formula is C12H25NOS. The average molecular weight is 231 g/mol. The lowest BCUT2D eigenvalue weighted by Crippen LogP contribution is -2.43. The van der Waals surface area contributed by atoms with Gasteiger partial charge < -0.3 is 10.4 Å². The van der Waals surface area contributed by atoms with Crippen LogP contribution in [-0.2, 0) is 0 Å². The second-order valence-corrected chi connectivity index (χ2v) is 5.96. The molecule has 2 N–H and O–H groups in total. The summed E-state index contributed by atoms with van der Waals surface area (Å²) in [6.45, 7) is 4.93. The topological polar surface area (TPSA) is 32.3 Å². The minimum atomic E-state index is -0.552. The van der Waals surface area contributed by atoms with E-state index in [1.807, 2.05) is 13.2 Å². The third-order valence-electron chi connectivity index (χ3n) is 3.35. The van der Waals surface area contributed by atoms with Crippen molar-refractivity contribution in [2.45, 2.75) is 51.2 Å². The summed E-state index contributed by atoms with van der Waals surface area (Å²) in [7, 11) is 0. The number of rotatable bonds is 6. The minimum Gasteiger partial charge on any atom is -0.388 e. The molecule has 3 heteroatoms. The van der Waals surface area contributed by atoms with Gasteiger partial charge in [-0.15, -0.1) is 0 Å². The molecule has 1 rings (SSSR count). The van der Waals surface area contributed by atoms with Crippen LogP contribution in [-0.4, -0.2) is 35.3 Å². The number of thioether (sulfide) groups is 1. The van der Waals surface area contributed by atoms with Crippen LogP contribution in [0.25, 0.3) is 0 Å². The van der Waals surface area contributed by atoms with E-state index in [1.54, 1.807) is 11.8 Å². The van der Waals surface area contributed by atoms with Crippen molar-refractivity contribution < 1.29 is 5.11 Å². The highest BCUT2D eigenvalue weighted by atomic mass is 32.2. The van der Waals surface area contributed by atoms with Gasteiger partial charge in [0, 0.05) is 18.3 Å². The van der Waals surface area contributed by atoms with Crippen LogP contribution in [0, 0.1) is 5.92 Å². The summed E-state index contributed by atoms with van der Waals surface area (Å²) < 4.78 is 0. The highest BCUT2D eigenvalue weighted by Gasteiger charge is 2.26. The Hall–Kier alpha value is 0.270. The normalized spacial score (nSPS) is 30.4. The van der Waals surface area contributed by atoms with Crippen LogP contribution in [0.5, 0.6) is 0 Å². The fourth-order valence-corrected chi connectivity index (χ4v) is 3.08. The Kier molecular flexibility index (Phi) is 5.44. The first kappa shape index (κ1) is 13.3. The van der Waals surface area contributed by atoms with Gasteiger partial charge in [0.05, 0.1) is 5.60 Å². The zero-order valence-corrected chi connectivity index (χ0v) is 11.1. The van der Waals surface area contributed by atoms with E-state index >= 15 is 0 Å². The first-order valence-corrected chi connectivity index (χ1v) is 7.41. The maximum Gasteiger partial charge on any atom is 0.0833 e. The SMILES string of the molecule is CCC1CCC(NCC(C)(O)CSC)C1. The van der Waals surface area contributed by atoms with Gasteiger partial charge in [-0.3, -0.25) is 0 Å². The molecule has 0 amide bonds. The van der Waals surface area contributed by atoms with Gasteiger partial charge in [0.1, 0.15) is 0 Å². The van der Waals surface area contributed by atoms with Crippen molar-refractivity contribution in [2.24, 2.45) is 5.92 Å². The average Bonchev–Trinajstić information content (AvgIpc) is 2.62. The molecule has 0 aliphatic heterocycles. The van der Waals surface area contributed by atoms with E-state index < -0.39 is 5.60 Å². The second kappa shape index (κ2) is 6.12. The number of hydrogen-bond donors (Lipinski definition) is 2. The predicted octanol–water partition coefficient (Wildman–Crippen LogP) is 2.27. The van der Waals surface area contributed by atoms with Gasteiger partial charge in [0.15, 0.2) is 0 Å². The quantitative estimate of drug-likeness (QED) is 0.735. The van der Waals surface area contributed by atoms with E-state index in [0.717, 1.165) is 18.2 Å². The largest absolute Gasteiger partial charge is 0.388 e. The molecule has 0 spiro atoms. The van der Waals surface area contributed by atoms with Crippen molar-refractivity contribution in [2.75, 3.05) is 18.6 Å². The highest BCUT2D eigenvalue weighted by Crippen LogP contribution is 2.28. The zero-order chi connectivity index (χ0) is 11.3. The van der Waals surface area contributed by atoms with Crippen LogP contribution in [0.1, 0.15) is 39.5 Å². The van der Waals surface area contributed by atoms with Gasteiger partial charge in [-0.1, -0.05) is 13.3 Å². The lowest BCUT2D eigenvalue weighted by Gasteiger charge is -2.25. The second-order valence-electron chi connectivity index (χ2n) is 5.10. The third-order valence-corrected chi connectivity index (χ3v) is 4.26. The van der Waals surface area contributed by atoms with Gasteiger partial charge >= 0.3 is 0 Å². The third kappa shape index (κ3) is 4.75. The fourth-order valence-electron chi connectivity index (χ4n) is 2.36. The Bertz CT molecular complexity index is 184. The molecule has 1 saturated carbocycles. The number of nitrogens with one attached hydrogen (secondary N) is 1.